The van der Waals surface area contributed by atoms with Crippen LogP contribution in [0.25, 0.3) is 16.9 Å². The zero-order valence-electron chi connectivity index (χ0n) is 11.3. The van der Waals surface area contributed by atoms with Crippen LogP contribution in [0.4, 0.5) is 0 Å². The molecule has 0 saturated carbocycles. The molecule has 0 amide bonds. The number of aromatic nitrogens is 3. The fourth-order valence-electron chi connectivity index (χ4n) is 2.22. The molecule has 5 heteroatoms. The summed E-state index contributed by atoms with van der Waals surface area (Å²) in [5.74, 6) is 1.69. The first-order valence-corrected chi connectivity index (χ1v) is 6.53. The third-order valence-electron chi connectivity index (χ3n) is 3.05. The van der Waals surface area contributed by atoms with Crippen LogP contribution < -0.4 is 10.5 Å². The molecule has 2 N–H and O–H groups in total. The summed E-state index contributed by atoms with van der Waals surface area (Å²) in [5, 5.41) is 0. The van der Waals surface area contributed by atoms with E-state index in [1.54, 1.807) is 6.20 Å². The monoisotopic (exact) mass is 268 g/mol. The Morgan fingerprint density at radius 2 is 2.15 bits per heavy atom. The number of imidazole rings is 1. The molecule has 0 bridgehead atoms. The largest absolute Gasteiger partial charge is 0.492 e. The summed E-state index contributed by atoms with van der Waals surface area (Å²) in [7, 11) is 0. The molecule has 0 fully saturated rings. The SMILES string of the molecule is Cc1nc2cccnc2n1-c1cccc(OCCN)c1. The van der Waals surface area contributed by atoms with Crippen LogP contribution in [0.3, 0.4) is 0 Å². The maximum Gasteiger partial charge on any atom is 0.164 e. The topological polar surface area (TPSA) is 66.0 Å². The van der Waals surface area contributed by atoms with Crippen LogP contribution in [0.2, 0.25) is 0 Å². The molecule has 1 aromatic carbocycles. The highest BCUT2D eigenvalue weighted by atomic mass is 16.5. The molecule has 0 spiro atoms. The zero-order valence-corrected chi connectivity index (χ0v) is 11.3. The lowest BCUT2D eigenvalue weighted by molar-refractivity contribution is 0.328. The van der Waals surface area contributed by atoms with Crippen molar-refractivity contribution in [2.24, 2.45) is 5.73 Å². The lowest BCUT2D eigenvalue weighted by atomic mass is 10.3. The van der Waals surface area contributed by atoms with Gasteiger partial charge in [0, 0.05) is 18.8 Å². The molecule has 3 aromatic rings. The second kappa shape index (κ2) is 5.30. The molecule has 0 aliphatic rings. The van der Waals surface area contributed by atoms with Gasteiger partial charge in [0.25, 0.3) is 0 Å². The van der Waals surface area contributed by atoms with Gasteiger partial charge < -0.3 is 10.5 Å². The van der Waals surface area contributed by atoms with Gasteiger partial charge >= 0.3 is 0 Å². The molecule has 0 saturated heterocycles. The van der Waals surface area contributed by atoms with E-state index in [1.165, 1.54) is 0 Å². The Kier molecular flexibility index (Phi) is 3.35. The minimum absolute atomic E-state index is 0.499. The van der Waals surface area contributed by atoms with Crippen molar-refractivity contribution in [2.75, 3.05) is 13.2 Å². The molecule has 3 rings (SSSR count). The zero-order chi connectivity index (χ0) is 13.9. The van der Waals surface area contributed by atoms with Crippen LogP contribution in [0, 0.1) is 6.92 Å². The van der Waals surface area contributed by atoms with E-state index in [-0.39, 0.29) is 0 Å². The van der Waals surface area contributed by atoms with E-state index in [9.17, 15) is 0 Å². The Morgan fingerprint density at radius 1 is 1.25 bits per heavy atom. The number of ether oxygens (including phenoxy) is 1. The fraction of sp³-hybridized carbons (Fsp3) is 0.200. The van der Waals surface area contributed by atoms with Crippen molar-refractivity contribution in [3.63, 3.8) is 0 Å². The van der Waals surface area contributed by atoms with E-state index in [4.69, 9.17) is 10.5 Å². The number of hydrogen-bond donors (Lipinski definition) is 1. The van der Waals surface area contributed by atoms with Crippen molar-refractivity contribution in [2.45, 2.75) is 6.92 Å². The second-order valence-electron chi connectivity index (χ2n) is 4.48. The molecule has 5 nitrogen and oxygen atoms in total. The summed E-state index contributed by atoms with van der Waals surface area (Å²) in [6, 6.07) is 11.7. The summed E-state index contributed by atoms with van der Waals surface area (Å²) >= 11 is 0. The molecule has 2 aromatic heterocycles. The Balaban J connectivity index is 2.08. The Hall–Kier alpha value is -2.40. The van der Waals surface area contributed by atoms with Crippen LogP contribution in [-0.2, 0) is 0 Å². The molecule has 0 aliphatic heterocycles. The van der Waals surface area contributed by atoms with Crippen molar-refractivity contribution >= 4 is 11.2 Å². The number of aryl methyl sites for hydroxylation is 1. The van der Waals surface area contributed by atoms with Gasteiger partial charge in [-0.1, -0.05) is 6.07 Å². The molecule has 2 heterocycles. The lowest BCUT2D eigenvalue weighted by Crippen LogP contribution is -2.10. The highest BCUT2D eigenvalue weighted by Gasteiger charge is 2.10. The average molecular weight is 268 g/mol. The van der Waals surface area contributed by atoms with E-state index >= 15 is 0 Å². The van der Waals surface area contributed by atoms with E-state index in [0.29, 0.717) is 13.2 Å². The summed E-state index contributed by atoms with van der Waals surface area (Å²) in [6.07, 6.45) is 1.77. The molecule has 0 atom stereocenters. The molecule has 0 aliphatic carbocycles. The van der Waals surface area contributed by atoms with Gasteiger partial charge in [0.1, 0.15) is 23.7 Å². The number of benzene rings is 1. The Morgan fingerprint density at radius 3 is 3.00 bits per heavy atom. The van der Waals surface area contributed by atoms with Gasteiger partial charge in [-0.15, -0.1) is 0 Å². The number of rotatable bonds is 4. The Bertz CT molecular complexity index is 736. The summed E-state index contributed by atoms with van der Waals surface area (Å²) in [4.78, 5) is 8.93. The second-order valence-corrected chi connectivity index (χ2v) is 4.48. The molecule has 0 unspecified atom stereocenters. The standard InChI is InChI=1S/C15H16N4O/c1-11-18-14-6-3-8-17-15(14)19(11)12-4-2-5-13(10-12)20-9-7-16/h2-6,8,10H,7,9,16H2,1H3. The number of pyridine rings is 1. The van der Waals surface area contributed by atoms with Crippen LogP contribution in [0.15, 0.2) is 42.6 Å². The van der Waals surface area contributed by atoms with Gasteiger partial charge in [-0.3, -0.25) is 4.57 Å². The number of nitrogens with zero attached hydrogens (tertiary/aromatic N) is 3. The number of nitrogens with two attached hydrogens (primary N) is 1. The molecule has 0 radical (unpaired) electrons. The van der Waals surface area contributed by atoms with Gasteiger partial charge in [-0.25, -0.2) is 9.97 Å². The van der Waals surface area contributed by atoms with Crippen LogP contribution in [0.1, 0.15) is 5.82 Å². The van der Waals surface area contributed by atoms with Crippen molar-refractivity contribution in [3.05, 3.63) is 48.4 Å². The summed E-state index contributed by atoms with van der Waals surface area (Å²) in [5.41, 5.74) is 8.18. The van der Waals surface area contributed by atoms with Crippen LogP contribution in [-0.4, -0.2) is 27.7 Å². The van der Waals surface area contributed by atoms with Crippen molar-refractivity contribution in [3.8, 4) is 11.4 Å². The average Bonchev–Trinajstić information content (AvgIpc) is 2.81. The van der Waals surface area contributed by atoms with Gasteiger partial charge in [0.2, 0.25) is 0 Å². The van der Waals surface area contributed by atoms with E-state index in [2.05, 4.69) is 9.97 Å². The number of hydrogen-bond acceptors (Lipinski definition) is 4. The normalized spacial score (nSPS) is 10.9. The predicted octanol–water partition coefficient (Wildman–Crippen LogP) is 2.07. The van der Waals surface area contributed by atoms with Gasteiger partial charge in [0.15, 0.2) is 5.65 Å². The molecular formula is C15H16N4O. The van der Waals surface area contributed by atoms with Crippen molar-refractivity contribution in [1.82, 2.24) is 14.5 Å². The van der Waals surface area contributed by atoms with Gasteiger partial charge in [0.05, 0.1) is 5.69 Å². The fourth-order valence-corrected chi connectivity index (χ4v) is 2.22. The third-order valence-corrected chi connectivity index (χ3v) is 3.05. The minimum atomic E-state index is 0.499. The first-order chi connectivity index (χ1) is 9.79. The van der Waals surface area contributed by atoms with Gasteiger partial charge in [-0.2, -0.15) is 0 Å². The highest BCUT2D eigenvalue weighted by Crippen LogP contribution is 2.22. The number of fused-ring (bicyclic) bond motifs is 1. The van der Waals surface area contributed by atoms with Crippen LogP contribution in [0.5, 0.6) is 5.75 Å². The lowest BCUT2D eigenvalue weighted by Gasteiger charge is -2.09. The van der Waals surface area contributed by atoms with Gasteiger partial charge in [-0.05, 0) is 31.2 Å². The molecule has 20 heavy (non-hydrogen) atoms. The quantitative estimate of drug-likeness (QED) is 0.786. The maximum atomic E-state index is 5.57. The smallest absolute Gasteiger partial charge is 0.164 e. The van der Waals surface area contributed by atoms with Crippen molar-refractivity contribution < 1.29 is 4.74 Å². The minimum Gasteiger partial charge on any atom is -0.492 e. The molecular weight excluding hydrogens is 252 g/mol. The molecule has 102 valence electrons. The van der Waals surface area contributed by atoms with Crippen molar-refractivity contribution in [1.29, 1.82) is 0 Å². The van der Waals surface area contributed by atoms with E-state index in [0.717, 1.165) is 28.4 Å². The highest BCUT2D eigenvalue weighted by molar-refractivity contribution is 5.73. The third kappa shape index (κ3) is 2.23. The summed E-state index contributed by atoms with van der Waals surface area (Å²) in [6.45, 7) is 2.97. The first kappa shape index (κ1) is 12.6. The maximum absolute atomic E-state index is 5.57. The summed E-state index contributed by atoms with van der Waals surface area (Å²) < 4.78 is 7.59. The first-order valence-electron chi connectivity index (χ1n) is 6.53. The predicted molar refractivity (Wildman–Crippen MR) is 78.2 cm³/mol. The Labute approximate surface area is 117 Å². The van der Waals surface area contributed by atoms with E-state index < -0.39 is 0 Å². The van der Waals surface area contributed by atoms with Crippen LogP contribution >= 0.6 is 0 Å². The van der Waals surface area contributed by atoms with E-state index in [1.807, 2.05) is 47.9 Å².